The second-order valence-corrected chi connectivity index (χ2v) is 3.75. The zero-order chi connectivity index (χ0) is 12.7. The third-order valence-electron chi connectivity index (χ3n) is 2.36. The average Bonchev–Trinajstić information content (AvgIpc) is 2.31. The number of ketones is 1. The lowest BCUT2D eigenvalue weighted by Gasteiger charge is -2.24. The summed E-state index contributed by atoms with van der Waals surface area (Å²) in [6.07, 6.45) is -5.38. The molecule has 0 saturated heterocycles. The highest BCUT2D eigenvalue weighted by atomic mass is 16.4. The topological polar surface area (TPSA) is 118 Å². The van der Waals surface area contributed by atoms with E-state index in [1.807, 2.05) is 6.92 Å². The van der Waals surface area contributed by atoms with Crippen molar-refractivity contribution in [2.24, 2.45) is 0 Å². The first kappa shape index (κ1) is 15.5. The van der Waals surface area contributed by atoms with E-state index < -0.39 is 36.8 Å². The maximum atomic E-state index is 11.3. The molecule has 0 aliphatic rings. The molecule has 0 rings (SSSR count). The number of hydrogen-bond acceptors (Lipinski definition) is 6. The lowest BCUT2D eigenvalue weighted by atomic mass is 9.98. The molecule has 0 aliphatic heterocycles. The predicted octanol–water partition coefficient (Wildman–Crippen LogP) is -1.82. The average molecular weight is 236 g/mol. The van der Waals surface area contributed by atoms with Gasteiger partial charge in [-0.2, -0.15) is 0 Å². The lowest BCUT2D eigenvalue weighted by molar-refractivity contribution is -0.147. The monoisotopic (exact) mass is 236 g/mol. The van der Waals surface area contributed by atoms with E-state index in [9.17, 15) is 20.1 Å². The van der Waals surface area contributed by atoms with E-state index in [1.54, 1.807) is 0 Å². The van der Waals surface area contributed by atoms with Crippen LogP contribution in [-0.4, -0.2) is 62.3 Å². The van der Waals surface area contributed by atoms with E-state index in [4.69, 9.17) is 10.2 Å². The van der Waals surface area contributed by atoms with Crippen molar-refractivity contribution in [3.05, 3.63) is 0 Å². The van der Waals surface area contributed by atoms with Crippen molar-refractivity contribution in [3.63, 3.8) is 0 Å². The van der Waals surface area contributed by atoms with Crippen molar-refractivity contribution in [1.82, 2.24) is 0 Å². The standard InChI is InChI=1S/C10H20O6/c1-2-3-4-6(12)8(14)10(16)9(15)7(13)5-11/h7-11,13-16H,2-5H2,1H3/t7-,8-,9-,10-/m1/s1. The highest BCUT2D eigenvalue weighted by Gasteiger charge is 2.33. The number of carbonyl (C=O) groups is 1. The molecule has 0 heterocycles. The molecule has 0 aromatic carbocycles. The number of hydrogen-bond donors (Lipinski definition) is 5. The van der Waals surface area contributed by atoms with E-state index in [0.29, 0.717) is 6.42 Å². The fourth-order valence-corrected chi connectivity index (χ4v) is 1.21. The van der Waals surface area contributed by atoms with Gasteiger partial charge in [-0.3, -0.25) is 4.79 Å². The Morgan fingerprint density at radius 3 is 2.12 bits per heavy atom. The Labute approximate surface area is 94.2 Å². The van der Waals surface area contributed by atoms with Crippen LogP contribution in [0.5, 0.6) is 0 Å². The molecule has 0 aromatic rings. The van der Waals surface area contributed by atoms with Gasteiger partial charge in [0.25, 0.3) is 0 Å². The van der Waals surface area contributed by atoms with Gasteiger partial charge >= 0.3 is 0 Å². The summed E-state index contributed by atoms with van der Waals surface area (Å²) < 4.78 is 0. The summed E-state index contributed by atoms with van der Waals surface area (Å²) >= 11 is 0. The van der Waals surface area contributed by atoms with Crippen molar-refractivity contribution in [2.75, 3.05) is 6.61 Å². The summed E-state index contributed by atoms with van der Waals surface area (Å²) in [7, 11) is 0. The minimum absolute atomic E-state index is 0.108. The number of aliphatic hydroxyl groups is 5. The first-order chi connectivity index (χ1) is 7.45. The van der Waals surface area contributed by atoms with Crippen LogP contribution in [0.3, 0.4) is 0 Å². The number of unbranched alkanes of at least 4 members (excludes halogenated alkanes) is 1. The predicted molar refractivity (Wildman–Crippen MR) is 55.6 cm³/mol. The molecule has 16 heavy (non-hydrogen) atoms. The minimum Gasteiger partial charge on any atom is -0.394 e. The largest absolute Gasteiger partial charge is 0.394 e. The van der Waals surface area contributed by atoms with Gasteiger partial charge < -0.3 is 25.5 Å². The molecule has 0 amide bonds. The molecule has 96 valence electrons. The second kappa shape index (κ2) is 7.70. The Morgan fingerprint density at radius 2 is 1.69 bits per heavy atom. The van der Waals surface area contributed by atoms with Crippen LogP contribution in [0.4, 0.5) is 0 Å². The molecular weight excluding hydrogens is 216 g/mol. The number of aliphatic hydroxyl groups excluding tert-OH is 5. The first-order valence-corrected chi connectivity index (χ1v) is 5.31. The Morgan fingerprint density at radius 1 is 1.12 bits per heavy atom. The molecule has 0 aromatic heterocycles. The molecule has 5 N–H and O–H groups in total. The molecule has 4 atom stereocenters. The van der Waals surface area contributed by atoms with Gasteiger partial charge in [-0.15, -0.1) is 0 Å². The summed E-state index contributed by atoms with van der Waals surface area (Å²) in [6.45, 7) is 1.12. The van der Waals surface area contributed by atoms with Gasteiger partial charge in [0.05, 0.1) is 6.61 Å². The maximum Gasteiger partial charge on any atom is 0.164 e. The molecule has 0 spiro atoms. The molecule has 0 radical (unpaired) electrons. The van der Waals surface area contributed by atoms with Crippen molar-refractivity contribution >= 4 is 5.78 Å². The SMILES string of the molecule is CCCCC(=O)[C@@H](O)[C@@H](O)[C@H](O)[C@H](O)CO. The maximum absolute atomic E-state index is 11.3. The lowest BCUT2D eigenvalue weighted by Crippen LogP contribution is -2.48. The fourth-order valence-electron chi connectivity index (χ4n) is 1.21. The third-order valence-corrected chi connectivity index (χ3v) is 2.36. The van der Waals surface area contributed by atoms with Gasteiger partial charge in [0.1, 0.15) is 24.4 Å². The molecule has 6 heteroatoms. The van der Waals surface area contributed by atoms with Crippen LogP contribution in [-0.2, 0) is 4.79 Å². The van der Waals surface area contributed by atoms with Crippen LogP contribution >= 0.6 is 0 Å². The van der Waals surface area contributed by atoms with Crippen LogP contribution in [0, 0.1) is 0 Å². The summed E-state index contributed by atoms with van der Waals surface area (Å²) in [6, 6.07) is 0. The Bertz CT molecular complexity index is 207. The molecule has 0 saturated carbocycles. The van der Waals surface area contributed by atoms with E-state index in [2.05, 4.69) is 0 Å². The van der Waals surface area contributed by atoms with E-state index in [-0.39, 0.29) is 6.42 Å². The molecule has 6 nitrogen and oxygen atoms in total. The zero-order valence-electron chi connectivity index (χ0n) is 9.28. The van der Waals surface area contributed by atoms with Gasteiger partial charge in [0, 0.05) is 6.42 Å². The Hall–Kier alpha value is -0.530. The Kier molecular flexibility index (Phi) is 7.44. The molecule has 0 aliphatic carbocycles. The van der Waals surface area contributed by atoms with Gasteiger partial charge in [-0.1, -0.05) is 13.3 Å². The van der Waals surface area contributed by atoms with E-state index in [0.717, 1.165) is 6.42 Å². The highest BCUT2D eigenvalue weighted by molar-refractivity contribution is 5.83. The van der Waals surface area contributed by atoms with Gasteiger partial charge in [0.15, 0.2) is 5.78 Å². The first-order valence-electron chi connectivity index (χ1n) is 5.31. The third kappa shape index (κ3) is 4.54. The summed E-state index contributed by atoms with van der Waals surface area (Å²) in [4.78, 5) is 11.3. The van der Waals surface area contributed by atoms with Gasteiger partial charge in [-0.05, 0) is 6.42 Å². The van der Waals surface area contributed by atoms with Crippen LogP contribution in [0.1, 0.15) is 26.2 Å². The van der Waals surface area contributed by atoms with E-state index in [1.165, 1.54) is 0 Å². The zero-order valence-corrected chi connectivity index (χ0v) is 9.28. The van der Waals surface area contributed by atoms with Gasteiger partial charge in [-0.25, -0.2) is 0 Å². The molecule has 0 unspecified atom stereocenters. The van der Waals surface area contributed by atoms with Crippen molar-refractivity contribution in [1.29, 1.82) is 0 Å². The number of rotatable bonds is 8. The Balaban J connectivity index is 4.25. The van der Waals surface area contributed by atoms with Crippen molar-refractivity contribution < 1.29 is 30.3 Å². The normalized spacial score (nSPS) is 18.9. The highest BCUT2D eigenvalue weighted by Crippen LogP contribution is 2.09. The molecule has 0 bridgehead atoms. The fraction of sp³-hybridized carbons (Fsp3) is 0.900. The molecule has 0 fully saturated rings. The van der Waals surface area contributed by atoms with Crippen LogP contribution in [0.2, 0.25) is 0 Å². The smallest absolute Gasteiger partial charge is 0.164 e. The van der Waals surface area contributed by atoms with Crippen LogP contribution in [0.25, 0.3) is 0 Å². The second-order valence-electron chi connectivity index (χ2n) is 3.75. The summed E-state index contributed by atoms with van der Waals surface area (Å²) in [5.74, 6) is -0.585. The number of carbonyl (C=O) groups excluding carboxylic acids is 1. The number of Topliss-reactive ketones (excluding diaryl/α,β-unsaturated/α-hetero) is 1. The van der Waals surface area contributed by atoms with Crippen molar-refractivity contribution in [2.45, 2.75) is 50.6 Å². The quantitative estimate of drug-likeness (QED) is 0.339. The summed E-state index contributed by atoms with van der Waals surface area (Å²) in [5, 5.41) is 45.5. The minimum atomic E-state index is -1.79. The van der Waals surface area contributed by atoms with Gasteiger partial charge in [0.2, 0.25) is 0 Å². The van der Waals surface area contributed by atoms with E-state index >= 15 is 0 Å². The molecular formula is C10H20O6. The summed E-state index contributed by atoms with van der Waals surface area (Å²) in [5.41, 5.74) is 0. The van der Waals surface area contributed by atoms with Crippen molar-refractivity contribution in [3.8, 4) is 0 Å². The van der Waals surface area contributed by atoms with Crippen LogP contribution in [0.15, 0.2) is 0 Å². The van der Waals surface area contributed by atoms with Crippen LogP contribution < -0.4 is 0 Å².